The van der Waals surface area contributed by atoms with Crippen LogP contribution in [0.15, 0.2) is 18.2 Å². The fraction of sp³-hybridized carbons (Fsp3) is 0.500. The summed E-state index contributed by atoms with van der Waals surface area (Å²) in [7, 11) is 5.55. The maximum absolute atomic E-state index is 10.7. The Kier molecular flexibility index (Phi) is 6.04. The van der Waals surface area contributed by atoms with E-state index in [1.165, 1.54) is 19.2 Å². The lowest BCUT2D eigenvalue weighted by atomic mass is 10.2. The van der Waals surface area contributed by atoms with Gasteiger partial charge in [-0.05, 0) is 33.1 Å². The van der Waals surface area contributed by atoms with Crippen LogP contribution in [0.4, 0.5) is 11.4 Å². The van der Waals surface area contributed by atoms with Crippen molar-refractivity contribution in [2.75, 3.05) is 39.7 Å². The normalized spacial score (nSPS) is 10.5. The van der Waals surface area contributed by atoms with Gasteiger partial charge in [-0.15, -0.1) is 0 Å². The number of nitro groups is 1. The van der Waals surface area contributed by atoms with Gasteiger partial charge in [0.25, 0.3) is 5.69 Å². The van der Waals surface area contributed by atoms with Crippen LogP contribution in [-0.4, -0.2) is 44.1 Å². The van der Waals surface area contributed by atoms with Gasteiger partial charge in [-0.2, -0.15) is 0 Å². The van der Waals surface area contributed by atoms with Gasteiger partial charge in [0.05, 0.1) is 17.7 Å². The Labute approximate surface area is 112 Å². The zero-order chi connectivity index (χ0) is 14.3. The average Bonchev–Trinajstić information content (AvgIpc) is 2.37. The van der Waals surface area contributed by atoms with E-state index in [4.69, 9.17) is 4.74 Å². The standard InChI is InChI=1S/C12H20N4O3/c1-15(2)8-4-7-13-14-11-9-10(16(17)18)5-6-12(11)19-3/h5-6,9,13-14H,4,7-8H2,1-3H3. The van der Waals surface area contributed by atoms with E-state index in [1.807, 2.05) is 14.1 Å². The number of anilines is 1. The van der Waals surface area contributed by atoms with Gasteiger partial charge in [0.1, 0.15) is 5.75 Å². The fourth-order valence-electron chi connectivity index (χ4n) is 1.55. The molecule has 0 bridgehead atoms. The van der Waals surface area contributed by atoms with E-state index in [0.29, 0.717) is 11.4 Å². The molecule has 0 aliphatic rings. The summed E-state index contributed by atoms with van der Waals surface area (Å²) in [6, 6.07) is 4.43. The lowest BCUT2D eigenvalue weighted by Gasteiger charge is -2.13. The summed E-state index contributed by atoms with van der Waals surface area (Å²) in [6.45, 7) is 1.73. The lowest BCUT2D eigenvalue weighted by Crippen LogP contribution is -2.26. The predicted molar refractivity (Wildman–Crippen MR) is 74.4 cm³/mol. The van der Waals surface area contributed by atoms with Crippen LogP contribution in [0.1, 0.15) is 6.42 Å². The average molecular weight is 268 g/mol. The second kappa shape index (κ2) is 7.55. The van der Waals surface area contributed by atoms with E-state index in [-0.39, 0.29) is 5.69 Å². The van der Waals surface area contributed by atoms with Gasteiger partial charge in [0.15, 0.2) is 0 Å². The highest BCUT2D eigenvalue weighted by Gasteiger charge is 2.10. The van der Waals surface area contributed by atoms with Crippen LogP contribution >= 0.6 is 0 Å². The SMILES string of the molecule is COc1ccc([N+](=O)[O-])cc1NNCCCN(C)C. The van der Waals surface area contributed by atoms with Crippen molar-refractivity contribution in [3.63, 3.8) is 0 Å². The maximum atomic E-state index is 10.7. The lowest BCUT2D eigenvalue weighted by molar-refractivity contribution is -0.384. The Balaban J connectivity index is 2.55. The van der Waals surface area contributed by atoms with E-state index < -0.39 is 4.92 Å². The van der Waals surface area contributed by atoms with Gasteiger partial charge >= 0.3 is 0 Å². The van der Waals surface area contributed by atoms with Crippen molar-refractivity contribution >= 4 is 11.4 Å². The molecule has 0 heterocycles. The summed E-state index contributed by atoms with van der Waals surface area (Å²) in [5.74, 6) is 0.561. The van der Waals surface area contributed by atoms with Crippen molar-refractivity contribution in [3.05, 3.63) is 28.3 Å². The van der Waals surface area contributed by atoms with Gasteiger partial charge < -0.3 is 15.1 Å². The van der Waals surface area contributed by atoms with E-state index in [1.54, 1.807) is 6.07 Å². The molecule has 19 heavy (non-hydrogen) atoms. The molecule has 1 aromatic carbocycles. The maximum Gasteiger partial charge on any atom is 0.271 e. The third-order valence-corrected chi connectivity index (χ3v) is 2.52. The molecule has 106 valence electrons. The molecule has 0 fully saturated rings. The van der Waals surface area contributed by atoms with E-state index in [2.05, 4.69) is 15.8 Å². The Morgan fingerprint density at radius 3 is 2.74 bits per heavy atom. The molecule has 0 aromatic heterocycles. The fourth-order valence-corrected chi connectivity index (χ4v) is 1.55. The molecule has 0 saturated carbocycles. The molecule has 2 N–H and O–H groups in total. The molecule has 1 aromatic rings. The molecule has 0 aliphatic heterocycles. The first-order valence-electron chi connectivity index (χ1n) is 6.00. The van der Waals surface area contributed by atoms with Gasteiger partial charge in [-0.25, -0.2) is 5.43 Å². The van der Waals surface area contributed by atoms with E-state index in [0.717, 1.165) is 19.5 Å². The second-order valence-electron chi connectivity index (χ2n) is 4.35. The van der Waals surface area contributed by atoms with Crippen molar-refractivity contribution in [3.8, 4) is 5.75 Å². The van der Waals surface area contributed by atoms with Crippen LogP contribution in [-0.2, 0) is 0 Å². The third-order valence-electron chi connectivity index (χ3n) is 2.52. The topological polar surface area (TPSA) is 79.7 Å². The minimum absolute atomic E-state index is 0.0263. The zero-order valence-electron chi connectivity index (χ0n) is 11.5. The molecule has 7 heteroatoms. The Hall–Kier alpha value is -1.86. The van der Waals surface area contributed by atoms with Crippen LogP contribution in [0.2, 0.25) is 0 Å². The number of rotatable bonds is 8. The van der Waals surface area contributed by atoms with Gasteiger partial charge in [-0.3, -0.25) is 10.1 Å². The molecule has 7 nitrogen and oxygen atoms in total. The Morgan fingerprint density at radius 2 is 2.16 bits per heavy atom. The summed E-state index contributed by atoms with van der Waals surface area (Å²) < 4.78 is 5.14. The number of hydrogen-bond acceptors (Lipinski definition) is 6. The summed E-state index contributed by atoms with van der Waals surface area (Å²) in [6.07, 6.45) is 0.969. The molecule has 0 amide bonds. The van der Waals surface area contributed by atoms with E-state index >= 15 is 0 Å². The van der Waals surface area contributed by atoms with Gasteiger partial charge in [0, 0.05) is 18.7 Å². The molecule has 0 spiro atoms. The van der Waals surface area contributed by atoms with Crippen LogP contribution in [0.25, 0.3) is 0 Å². The molecule has 0 saturated heterocycles. The zero-order valence-corrected chi connectivity index (χ0v) is 11.5. The van der Waals surface area contributed by atoms with Crippen molar-refractivity contribution in [1.82, 2.24) is 10.3 Å². The number of methoxy groups -OCH3 is 1. The number of nitrogens with one attached hydrogen (secondary N) is 2. The van der Waals surface area contributed by atoms with E-state index in [9.17, 15) is 10.1 Å². The van der Waals surface area contributed by atoms with Crippen LogP contribution in [0.3, 0.4) is 0 Å². The summed E-state index contributed by atoms with van der Waals surface area (Å²) >= 11 is 0. The number of nitrogens with zero attached hydrogens (tertiary/aromatic N) is 2. The summed E-state index contributed by atoms with van der Waals surface area (Å²) in [5, 5.41) is 10.7. The smallest absolute Gasteiger partial charge is 0.271 e. The second-order valence-corrected chi connectivity index (χ2v) is 4.35. The Bertz CT molecular complexity index is 423. The van der Waals surface area contributed by atoms with Crippen molar-refractivity contribution in [1.29, 1.82) is 0 Å². The summed E-state index contributed by atoms with van der Waals surface area (Å²) in [5.41, 5.74) is 6.54. The van der Waals surface area contributed by atoms with Crippen LogP contribution in [0, 0.1) is 10.1 Å². The molecule has 0 unspecified atom stereocenters. The molecule has 0 atom stereocenters. The van der Waals surface area contributed by atoms with Crippen LogP contribution < -0.4 is 15.6 Å². The number of benzene rings is 1. The summed E-state index contributed by atoms with van der Waals surface area (Å²) in [4.78, 5) is 12.4. The third kappa shape index (κ3) is 5.11. The first kappa shape index (κ1) is 15.2. The highest BCUT2D eigenvalue weighted by Crippen LogP contribution is 2.28. The predicted octanol–water partition coefficient (Wildman–Crippen LogP) is 1.47. The minimum atomic E-state index is -0.434. The number of hydrazine groups is 1. The first-order valence-corrected chi connectivity index (χ1v) is 6.00. The largest absolute Gasteiger partial charge is 0.495 e. The molecule has 0 aliphatic carbocycles. The minimum Gasteiger partial charge on any atom is -0.495 e. The van der Waals surface area contributed by atoms with Gasteiger partial charge in [0.2, 0.25) is 0 Å². The van der Waals surface area contributed by atoms with Gasteiger partial charge in [-0.1, -0.05) is 0 Å². The van der Waals surface area contributed by atoms with Crippen molar-refractivity contribution in [2.24, 2.45) is 0 Å². The first-order chi connectivity index (χ1) is 9.04. The van der Waals surface area contributed by atoms with Crippen molar-refractivity contribution in [2.45, 2.75) is 6.42 Å². The molecule has 0 radical (unpaired) electrons. The molecule has 1 rings (SSSR count). The quantitative estimate of drug-likeness (QED) is 0.422. The number of nitro benzene ring substituents is 1. The van der Waals surface area contributed by atoms with Crippen molar-refractivity contribution < 1.29 is 9.66 Å². The molecular weight excluding hydrogens is 248 g/mol. The number of hydrogen-bond donors (Lipinski definition) is 2. The monoisotopic (exact) mass is 268 g/mol. The highest BCUT2D eigenvalue weighted by atomic mass is 16.6. The number of non-ortho nitro benzene ring substituents is 1. The number of ether oxygens (including phenoxy) is 1. The Morgan fingerprint density at radius 1 is 1.42 bits per heavy atom. The highest BCUT2D eigenvalue weighted by molar-refractivity contribution is 5.60. The van der Waals surface area contributed by atoms with Crippen LogP contribution in [0.5, 0.6) is 5.75 Å². The molecular formula is C12H20N4O3.